The van der Waals surface area contributed by atoms with E-state index in [9.17, 15) is 9.90 Å². The number of benzene rings is 1. The van der Waals surface area contributed by atoms with Gasteiger partial charge in [-0.2, -0.15) is 10.1 Å². The van der Waals surface area contributed by atoms with Crippen LogP contribution in [-0.2, 0) is 13.0 Å². The summed E-state index contributed by atoms with van der Waals surface area (Å²) in [6, 6.07) is 4.85. The second-order valence-electron chi connectivity index (χ2n) is 5.69. The summed E-state index contributed by atoms with van der Waals surface area (Å²) >= 11 is 11.8. The smallest absolute Gasteiger partial charge is 0.272 e. The highest BCUT2D eigenvalue weighted by molar-refractivity contribution is 6.42. The molecule has 0 amide bonds. The number of nitrogens with zero attached hydrogens (tertiary/aromatic N) is 4. The molecule has 26 heavy (non-hydrogen) atoms. The Morgan fingerprint density at radius 1 is 1.35 bits per heavy atom. The minimum absolute atomic E-state index is 0.00974. The Labute approximate surface area is 158 Å². The Hall–Kier alpha value is -2.42. The van der Waals surface area contributed by atoms with E-state index in [1.165, 1.54) is 10.9 Å². The zero-order valence-corrected chi connectivity index (χ0v) is 15.2. The molecule has 0 fully saturated rings. The molecule has 8 nitrogen and oxygen atoms in total. The van der Waals surface area contributed by atoms with Crippen LogP contribution in [0.25, 0.3) is 0 Å². The third-order valence-electron chi connectivity index (χ3n) is 3.82. The number of halogens is 2. The van der Waals surface area contributed by atoms with Crippen LogP contribution in [0.3, 0.4) is 0 Å². The fraction of sp³-hybridized carbons (Fsp3) is 0.250. The van der Waals surface area contributed by atoms with Crippen LogP contribution in [0.5, 0.6) is 0 Å². The molecule has 2 aromatic heterocycles. The molecule has 0 aliphatic heterocycles. The third-order valence-corrected chi connectivity index (χ3v) is 4.56. The van der Waals surface area contributed by atoms with Gasteiger partial charge in [-0.25, -0.2) is 4.68 Å². The zero-order valence-electron chi connectivity index (χ0n) is 13.7. The lowest BCUT2D eigenvalue weighted by molar-refractivity contribution is 0.174. The Morgan fingerprint density at radius 3 is 2.85 bits per heavy atom. The number of nitrogen functional groups attached to an aromatic ring is 1. The number of aromatic nitrogens is 4. The summed E-state index contributed by atoms with van der Waals surface area (Å²) < 4.78 is 6.30. The Balaban J connectivity index is 1.73. The van der Waals surface area contributed by atoms with Crippen molar-refractivity contribution in [2.24, 2.45) is 0 Å². The lowest BCUT2D eigenvalue weighted by Gasteiger charge is -2.09. The van der Waals surface area contributed by atoms with Gasteiger partial charge in [0.1, 0.15) is 6.54 Å². The van der Waals surface area contributed by atoms with Gasteiger partial charge in [-0.3, -0.25) is 4.79 Å². The second kappa shape index (κ2) is 7.45. The molecular weight excluding hydrogens is 381 g/mol. The molecule has 0 bridgehead atoms. The van der Waals surface area contributed by atoms with Crippen molar-refractivity contribution < 1.29 is 9.63 Å². The summed E-state index contributed by atoms with van der Waals surface area (Å²) in [6.45, 7) is 1.62. The van der Waals surface area contributed by atoms with Gasteiger partial charge in [-0.05, 0) is 24.6 Å². The van der Waals surface area contributed by atoms with E-state index in [4.69, 9.17) is 33.5 Å². The Bertz CT molecular complexity index is 1000. The quantitative estimate of drug-likeness (QED) is 0.678. The third kappa shape index (κ3) is 3.87. The zero-order chi connectivity index (χ0) is 18.8. The van der Waals surface area contributed by atoms with Gasteiger partial charge < -0.3 is 15.4 Å². The average Bonchev–Trinajstić information content (AvgIpc) is 3.05. The van der Waals surface area contributed by atoms with E-state index < -0.39 is 6.10 Å². The first-order valence-corrected chi connectivity index (χ1v) is 8.37. The molecule has 1 atom stereocenters. The monoisotopic (exact) mass is 395 g/mol. The second-order valence-corrected chi connectivity index (χ2v) is 6.50. The number of aliphatic hydroxyl groups is 1. The largest absolute Gasteiger partial charge is 0.397 e. The number of aliphatic hydroxyl groups excluding tert-OH is 1. The molecule has 3 N–H and O–H groups in total. The van der Waals surface area contributed by atoms with Crippen LogP contribution in [0.15, 0.2) is 33.7 Å². The predicted molar refractivity (Wildman–Crippen MR) is 96.2 cm³/mol. The molecule has 0 saturated carbocycles. The molecule has 0 unspecified atom stereocenters. The van der Waals surface area contributed by atoms with Gasteiger partial charge in [0.2, 0.25) is 5.89 Å². The predicted octanol–water partition coefficient (Wildman–Crippen LogP) is 2.15. The van der Waals surface area contributed by atoms with Crippen molar-refractivity contribution in [2.75, 3.05) is 5.73 Å². The molecular formula is C16H15Cl2N5O3. The van der Waals surface area contributed by atoms with Gasteiger partial charge in [0.05, 0.1) is 28.0 Å². The summed E-state index contributed by atoms with van der Waals surface area (Å²) in [4.78, 5) is 16.3. The summed E-state index contributed by atoms with van der Waals surface area (Å²) in [5.74, 6) is 0.485. The van der Waals surface area contributed by atoms with Crippen molar-refractivity contribution in [3.05, 3.63) is 67.6 Å². The van der Waals surface area contributed by atoms with Crippen LogP contribution in [0.1, 0.15) is 28.9 Å². The average molecular weight is 396 g/mol. The molecule has 3 aromatic rings. The first-order valence-electron chi connectivity index (χ1n) is 7.62. The van der Waals surface area contributed by atoms with Crippen LogP contribution in [-0.4, -0.2) is 25.0 Å². The number of rotatable bonds is 5. The number of hydrogen-bond donors (Lipinski definition) is 2. The SMILES string of the molecule is Cc1c(N)cnn(Cc2nc(C[C@H](O)c3ccc(Cl)c(Cl)c3)no2)c1=O. The van der Waals surface area contributed by atoms with Crippen molar-refractivity contribution in [3.8, 4) is 0 Å². The lowest BCUT2D eigenvalue weighted by atomic mass is 10.1. The highest BCUT2D eigenvalue weighted by Gasteiger charge is 2.16. The Morgan fingerprint density at radius 2 is 2.12 bits per heavy atom. The van der Waals surface area contributed by atoms with Crippen molar-refractivity contribution in [2.45, 2.75) is 26.0 Å². The standard InChI is InChI=1S/C16H15Cl2N5O3/c1-8-12(19)6-20-23(16(8)25)7-15-21-14(22-26-15)5-13(24)9-2-3-10(17)11(18)4-9/h2-4,6,13,24H,5,7,19H2,1H3/t13-/m0/s1. The van der Waals surface area contributed by atoms with Crippen LogP contribution < -0.4 is 11.3 Å². The molecule has 1 aromatic carbocycles. The lowest BCUT2D eigenvalue weighted by Crippen LogP contribution is -2.26. The van der Waals surface area contributed by atoms with Crippen LogP contribution in [0.4, 0.5) is 5.69 Å². The minimum Gasteiger partial charge on any atom is -0.397 e. The first kappa shape index (κ1) is 18.4. The molecule has 0 aliphatic rings. The highest BCUT2D eigenvalue weighted by atomic mass is 35.5. The molecule has 0 saturated heterocycles. The van der Waals surface area contributed by atoms with E-state index in [2.05, 4.69) is 15.2 Å². The number of anilines is 1. The summed E-state index contributed by atoms with van der Waals surface area (Å²) in [5.41, 5.74) is 6.61. The summed E-state index contributed by atoms with van der Waals surface area (Å²) in [5, 5.41) is 18.8. The molecule has 10 heteroatoms. The van der Waals surface area contributed by atoms with Gasteiger partial charge in [0.15, 0.2) is 5.82 Å². The van der Waals surface area contributed by atoms with E-state index in [1.54, 1.807) is 25.1 Å². The van der Waals surface area contributed by atoms with Crippen LogP contribution in [0, 0.1) is 6.92 Å². The molecule has 136 valence electrons. The molecule has 0 radical (unpaired) electrons. The van der Waals surface area contributed by atoms with Crippen molar-refractivity contribution >= 4 is 28.9 Å². The fourth-order valence-electron chi connectivity index (χ4n) is 2.29. The Kier molecular flexibility index (Phi) is 5.26. The summed E-state index contributed by atoms with van der Waals surface area (Å²) in [6.07, 6.45) is 0.627. The summed E-state index contributed by atoms with van der Waals surface area (Å²) in [7, 11) is 0. The maximum atomic E-state index is 12.1. The fourth-order valence-corrected chi connectivity index (χ4v) is 2.59. The first-order chi connectivity index (χ1) is 12.3. The van der Waals surface area contributed by atoms with Gasteiger partial charge in [-0.1, -0.05) is 34.4 Å². The number of hydrogen-bond acceptors (Lipinski definition) is 7. The van der Waals surface area contributed by atoms with Crippen molar-refractivity contribution in [3.63, 3.8) is 0 Å². The molecule has 0 aliphatic carbocycles. The van der Waals surface area contributed by atoms with Crippen LogP contribution >= 0.6 is 23.2 Å². The highest BCUT2D eigenvalue weighted by Crippen LogP contribution is 2.26. The topological polar surface area (TPSA) is 120 Å². The van der Waals surface area contributed by atoms with Gasteiger partial charge in [-0.15, -0.1) is 0 Å². The maximum absolute atomic E-state index is 12.1. The molecule has 0 spiro atoms. The minimum atomic E-state index is -0.880. The van der Waals surface area contributed by atoms with Crippen LogP contribution in [0.2, 0.25) is 10.0 Å². The van der Waals surface area contributed by atoms with E-state index in [-0.39, 0.29) is 24.4 Å². The van der Waals surface area contributed by atoms with E-state index in [1.807, 2.05) is 0 Å². The van der Waals surface area contributed by atoms with Gasteiger partial charge in [0, 0.05) is 12.0 Å². The van der Waals surface area contributed by atoms with Gasteiger partial charge >= 0.3 is 0 Å². The van der Waals surface area contributed by atoms with Crippen molar-refractivity contribution in [1.29, 1.82) is 0 Å². The van der Waals surface area contributed by atoms with Gasteiger partial charge in [0.25, 0.3) is 5.56 Å². The molecule has 3 rings (SSSR count). The maximum Gasteiger partial charge on any atom is 0.272 e. The molecule has 2 heterocycles. The van der Waals surface area contributed by atoms with E-state index >= 15 is 0 Å². The van der Waals surface area contributed by atoms with E-state index in [0.717, 1.165) is 0 Å². The van der Waals surface area contributed by atoms with Crippen molar-refractivity contribution in [1.82, 2.24) is 19.9 Å². The number of nitrogens with two attached hydrogens (primary N) is 1. The normalized spacial score (nSPS) is 12.3. The van der Waals surface area contributed by atoms with E-state index in [0.29, 0.717) is 32.7 Å².